The van der Waals surface area contributed by atoms with E-state index in [1.807, 2.05) is 36.1 Å². The first-order chi connectivity index (χ1) is 18.5. The molecule has 38 heavy (non-hydrogen) atoms. The molecule has 1 atom stereocenters. The highest BCUT2D eigenvalue weighted by atomic mass is 32.2. The number of piperidine rings is 1. The molecule has 3 rings (SSSR count). The van der Waals surface area contributed by atoms with E-state index < -0.39 is 5.25 Å². The second kappa shape index (κ2) is 16.8. The lowest BCUT2D eigenvalue weighted by Gasteiger charge is -2.35. The third-order valence-electron chi connectivity index (χ3n) is 7.88. The number of carbonyl (C=O) groups is 3. The Morgan fingerprint density at radius 1 is 0.868 bits per heavy atom. The molecule has 212 valence electrons. The minimum absolute atomic E-state index is 0.0128. The van der Waals surface area contributed by atoms with Crippen molar-refractivity contribution >= 4 is 35.2 Å². The fourth-order valence-electron chi connectivity index (χ4n) is 5.53. The maximum absolute atomic E-state index is 13.0. The van der Waals surface area contributed by atoms with Gasteiger partial charge in [0.15, 0.2) is 5.25 Å². The van der Waals surface area contributed by atoms with Gasteiger partial charge < -0.3 is 15.1 Å². The van der Waals surface area contributed by atoms with Crippen LogP contribution in [0.1, 0.15) is 110 Å². The van der Waals surface area contributed by atoms with E-state index in [1.54, 1.807) is 4.90 Å². The standard InChI is InChI=1S/C31H49N3O3S/c1-3-5-6-7-8-9-10-11-12-13-14-15-20-28(35)33-23-21-25(22-24-33)32-30(36)29-31(37)34(4-2)26-18-16-17-19-27(26)38-29/h16-19,25,29H,3-15,20-24H2,1-2H3,(H,32,36). The number of unbranched alkanes of at least 4 members (excludes halogenated alkanes) is 11. The first kappa shape index (κ1) is 30.5. The zero-order chi connectivity index (χ0) is 27.2. The molecular weight excluding hydrogens is 494 g/mol. The largest absolute Gasteiger partial charge is 0.352 e. The van der Waals surface area contributed by atoms with Gasteiger partial charge in [0.2, 0.25) is 17.7 Å². The summed E-state index contributed by atoms with van der Waals surface area (Å²) in [5.41, 5.74) is 0.883. The van der Waals surface area contributed by atoms with E-state index in [9.17, 15) is 14.4 Å². The van der Waals surface area contributed by atoms with Gasteiger partial charge >= 0.3 is 0 Å². The highest BCUT2D eigenvalue weighted by molar-refractivity contribution is 8.01. The molecule has 0 radical (unpaired) electrons. The average Bonchev–Trinajstić information content (AvgIpc) is 2.93. The maximum atomic E-state index is 13.0. The van der Waals surface area contributed by atoms with Crippen molar-refractivity contribution in [3.63, 3.8) is 0 Å². The molecule has 1 N–H and O–H groups in total. The number of amides is 3. The molecule has 1 saturated heterocycles. The minimum Gasteiger partial charge on any atom is -0.352 e. The molecular formula is C31H49N3O3S. The summed E-state index contributed by atoms with van der Waals surface area (Å²) in [7, 11) is 0. The zero-order valence-electron chi connectivity index (χ0n) is 23.7. The van der Waals surface area contributed by atoms with Crippen LogP contribution in [0, 0.1) is 0 Å². The summed E-state index contributed by atoms with van der Waals surface area (Å²) in [6.45, 7) is 6.10. The molecule has 2 aliphatic rings. The van der Waals surface area contributed by atoms with Crippen molar-refractivity contribution in [3.8, 4) is 0 Å². The number of hydrogen-bond acceptors (Lipinski definition) is 4. The van der Waals surface area contributed by atoms with Crippen molar-refractivity contribution in [2.75, 3.05) is 24.5 Å². The molecule has 0 aliphatic carbocycles. The Hall–Kier alpha value is -2.02. The van der Waals surface area contributed by atoms with E-state index >= 15 is 0 Å². The van der Waals surface area contributed by atoms with E-state index in [0.29, 0.717) is 26.1 Å². The molecule has 1 unspecified atom stereocenters. The number of fused-ring (bicyclic) bond motifs is 1. The van der Waals surface area contributed by atoms with Crippen LogP contribution in [0.25, 0.3) is 0 Å². The number of carbonyl (C=O) groups excluding carboxylic acids is 3. The van der Waals surface area contributed by atoms with Crippen molar-refractivity contribution in [1.29, 1.82) is 0 Å². The number of anilines is 1. The second-order valence-corrected chi connectivity index (χ2v) is 12.0. The lowest BCUT2D eigenvalue weighted by Crippen LogP contribution is -2.52. The lowest BCUT2D eigenvalue weighted by molar-refractivity contribution is -0.132. The van der Waals surface area contributed by atoms with Crippen LogP contribution in [0.15, 0.2) is 29.2 Å². The molecule has 2 aliphatic heterocycles. The third kappa shape index (κ3) is 9.32. The number of hydrogen-bond donors (Lipinski definition) is 1. The van der Waals surface area contributed by atoms with Crippen LogP contribution < -0.4 is 10.2 Å². The van der Waals surface area contributed by atoms with E-state index in [-0.39, 0.29) is 23.8 Å². The Morgan fingerprint density at radius 2 is 1.45 bits per heavy atom. The molecule has 1 aromatic rings. The predicted molar refractivity (Wildman–Crippen MR) is 158 cm³/mol. The number of nitrogens with zero attached hydrogens (tertiary/aromatic N) is 2. The van der Waals surface area contributed by atoms with Gasteiger partial charge in [0.05, 0.1) is 5.69 Å². The first-order valence-corrected chi connectivity index (χ1v) is 16.1. The van der Waals surface area contributed by atoms with Crippen molar-refractivity contribution in [2.24, 2.45) is 0 Å². The summed E-state index contributed by atoms with van der Waals surface area (Å²) in [5.74, 6) is -0.118. The van der Waals surface area contributed by atoms with Gasteiger partial charge in [-0.15, -0.1) is 11.8 Å². The lowest BCUT2D eigenvalue weighted by atomic mass is 10.0. The van der Waals surface area contributed by atoms with Crippen LogP contribution in [0.2, 0.25) is 0 Å². The van der Waals surface area contributed by atoms with Gasteiger partial charge in [-0.1, -0.05) is 89.7 Å². The Labute approximate surface area is 234 Å². The molecule has 0 bridgehead atoms. The predicted octanol–water partition coefficient (Wildman–Crippen LogP) is 6.71. The van der Waals surface area contributed by atoms with Crippen molar-refractivity contribution in [2.45, 2.75) is 126 Å². The summed E-state index contributed by atoms with van der Waals surface area (Å²) in [4.78, 5) is 43.3. The molecule has 1 aromatic carbocycles. The molecule has 2 heterocycles. The summed E-state index contributed by atoms with van der Waals surface area (Å²) < 4.78 is 0. The SMILES string of the molecule is CCCCCCCCCCCCCCC(=O)N1CCC(NC(=O)C2Sc3ccccc3N(CC)C2=O)CC1. The molecule has 6 nitrogen and oxygen atoms in total. The van der Waals surface area contributed by atoms with Crippen molar-refractivity contribution < 1.29 is 14.4 Å². The number of nitrogens with one attached hydrogen (secondary N) is 1. The molecule has 0 saturated carbocycles. The summed E-state index contributed by atoms with van der Waals surface area (Å²) in [6.07, 6.45) is 17.7. The fourth-order valence-corrected chi connectivity index (χ4v) is 6.65. The highest BCUT2D eigenvalue weighted by Gasteiger charge is 2.38. The van der Waals surface area contributed by atoms with Gasteiger partial charge in [0.25, 0.3) is 0 Å². The maximum Gasteiger partial charge on any atom is 0.250 e. The van der Waals surface area contributed by atoms with Gasteiger partial charge in [0, 0.05) is 37.0 Å². The van der Waals surface area contributed by atoms with Gasteiger partial charge in [-0.25, -0.2) is 0 Å². The van der Waals surface area contributed by atoms with Crippen LogP contribution in [0.4, 0.5) is 5.69 Å². The van der Waals surface area contributed by atoms with E-state index in [1.165, 1.54) is 76.0 Å². The highest BCUT2D eigenvalue weighted by Crippen LogP contribution is 2.39. The van der Waals surface area contributed by atoms with Crippen molar-refractivity contribution in [3.05, 3.63) is 24.3 Å². The molecule has 7 heteroatoms. The molecule has 0 aromatic heterocycles. The van der Waals surface area contributed by atoms with Gasteiger partial charge in [0.1, 0.15) is 0 Å². The number of likely N-dealkylation sites (tertiary alicyclic amines) is 1. The van der Waals surface area contributed by atoms with E-state index in [0.717, 1.165) is 36.3 Å². The van der Waals surface area contributed by atoms with Crippen LogP contribution in [-0.4, -0.2) is 53.5 Å². The Morgan fingerprint density at radius 3 is 2.05 bits per heavy atom. The number of rotatable bonds is 16. The van der Waals surface area contributed by atoms with Crippen molar-refractivity contribution in [1.82, 2.24) is 10.2 Å². The van der Waals surface area contributed by atoms with Gasteiger partial charge in [-0.3, -0.25) is 14.4 Å². The number of thioether (sulfide) groups is 1. The molecule has 1 fully saturated rings. The third-order valence-corrected chi connectivity index (χ3v) is 9.13. The molecule has 3 amide bonds. The quantitative estimate of drug-likeness (QED) is 0.186. The summed E-state index contributed by atoms with van der Waals surface area (Å²) in [5, 5.41) is 2.35. The topological polar surface area (TPSA) is 69.7 Å². The molecule has 0 spiro atoms. The average molecular weight is 544 g/mol. The smallest absolute Gasteiger partial charge is 0.250 e. The van der Waals surface area contributed by atoms with Crippen LogP contribution in [0.5, 0.6) is 0 Å². The summed E-state index contributed by atoms with van der Waals surface area (Å²) in [6, 6.07) is 7.77. The normalized spacial score (nSPS) is 17.9. The zero-order valence-corrected chi connectivity index (χ0v) is 24.5. The first-order valence-electron chi connectivity index (χ1n) is 15.2. The van der Waals surface area contributed by atoms with E-state index in [4.69, 9.17) is 0 Å². The van der Waals surface area contributed by atoms with Gasteiger partial charge in [-0.2, -0.15) is 0 Å². The summed E-state index contributed by atoms with van der Waals surface area (Å²) >= 11 is 1.34. The number of benzene rings is 1. The van der Waals surface area contributed by atoms with Crippen LogP contribution in [0.3, 0.4) is 0 Å². The fraction of sp³-hybridized carbons (Fsp3) is 0.710. The number of para-hydroxylation sites is 1. The Bertz CT molecular complexity index is 885. The minimum atomic E-state index is -0.754. The Balaban J connectivity index is 1.27. The second-order valence-electron chi connectivity index (χ2n) is 10.9. The Kier molecular flexibility index (Phi) is 13.5. The monoisotopic (exact) mass is 543 g/mol. The van der Waals surface area contributed by atoms with Crippen LogP contribution >= 0.6 is 11.8 Å². The van der Waals surface area contributed by atoms with Gasteiger partial charge in [-0.05, 0) is 38.3 Å². The van der Waals surface area contributed by atoms with E-state index in [2.05, 4.69) is 12.2 Å². The van der Waals surface area contributed by atoms with Crippen LogP contribution in [-0.2, 0) is 14.4 Å².